The van der Waals surface area contributed by atoms with Crippen LogP contribution >= 0.6 is 24.4 Å². The van der Waals surface area contributed by atoms with Crippen LogP contribution < -0.4 is 10.9 Å². The minimum absolute atomic E-state index is 0.0451. The first-order valence-corrected chi connectivity index (χ1v) is 8.24. The summed E-state index contributed by atoms with van der Waals surface area (Å²) in [5.74, 6) is -0.0902. The van der Waals surface area contributed by atoms with Gasteiger partial charge in [-0.25, -0.2) is 0 Å². The molecule has 0 aromatic rings. The largest absolute Gasteiger partial charge is 0.402 e. The molecule has 2 rings (SSSR count). The second kappa shape index (κ2) is 6.20. The third-order valence-corrected chi connectivity index (χ3v) is 4.69. The Bertz CT molecular complexity index is 510. The van der Waals surface area contributed by atoms with Gasteiger partial charge in [-0.2, -0.15) is 0 Å². The summed E-state index contributed by atoms with van der Waals surface area (Å²) in [6.07, 6.45) is 3.49. The second-order valence-electron chi connectivity index (χ2n) is 6.75. The molecule has 0 heterocycles. The van der Waals surface area contributed by atoms with E-state index in [1.54, 1.807) is 14.1 Å². The number of nitrogens with one attached hydrogen (secondary N) is 2. The van der Waals surface area contributed by atoms with Gasteiger partial charge in [-0.1, -0.05) is 13.8 Å². The highest BCUT2D eigenvalue weighted by Gasteiger charge is 2.47. The van der Waals surface area contributed by atoms with Crippen LogP contribution in [0.2, 0.25) is 0 Å². The fourth-order valence-corrected chi connectivity index (χ4v) is 2.61. The molecule has 2 saturated carbocycles. The third kappa shape index (κ3) is 4.29. The van der Waals surface area contributed by atoms with E-state index < -0.39 is 0 Å². The van der Waals surface area contributed by atoms with Crippen molar-refractivity contribution in [2.75, 3.05) is 14.1 Å². The van der Waals surface area contributed by atoms with Gasteiger partial charge in [0.15, 0.2) is 0 Å². The minimum Gasteiger partial charge on any atom is -0.402 e. The maximum atomic E-state index is 12.1. The minimum atomic E-state index is -0.303. The zero-order chi connectivity index (χ0) is 17.4. The lowest BCUT2D eigenvalue weighted by Crippen LogP contribution is -2.50. The summed E-state index contributed by atoms with van der Waals surface area (Å²) in [5.41, 5.74) is 4.72. The number of thiocarbonyl (C=S) groups is 2. The number of hydrazine groups is 2. The molecule has 0 atom stereocenters. The van der Waals surface area contributed by atoms with Crippen molar-refractivity contribution in [2.45, 2.75) is 39.5 Å². The first-order chi connectivity index (χ1) is 10.6. The van der Waals surface area contributed by atoms with E-state index in [1.165, 1.54) is 10.0 Å². The van der Waals surface area contributed by atoms with Gasteiger partial charge in [0.2, 0.25) is 11.8 Å². The van der Waals surface area contributed by atoms with Gasteiger partial charge >= 0.3 is 0 Å². The Morgan fingerprint density at radius 1 is 0.870 bits per heavy atom. The highest BCUT2D eigenvalue weighted by atomic mass is 32.1. The van der Waals surface area contributed by atoms with E-state index in [-0.39, 0.29) is 33.0 Å². The fourth-order valence-electron chi connectivity index (χ4n) is 2.12. The van der Waals surface area contributed by atoms with Gasteiger partial charge in [-0.15, -0.1) is 0 Å². The molecule has 0 saturated heterocycles. The Morgan fingerprint density at radius 3 is 1.43 bits per heavy atom. The molecule has 0 aliphatic heterocycles. The molecule has 128 valence electrons. The molecule has 0 bridgehead atoms. The summed E-state index contributed by atoms with van der Waals surface area (Å²) in [5, 5.41) is 2.50. The van der Waals surface area contributed by atoms with E-state index in [1.807, 2.05) is 13.8 Å². The number of nitrogens with zero attached hydrogens (tertiary/aromatic N) is 2. The molecule has 0 aromatic carbocycles. The van der Waals surface area contributed by atoms with Crippen molar-refractivity contribution in [1.82, 2.24) is 20.9 Å². The zero-order valence-corrected chi connectivity index (χ0v) is 15.4. The van der Waals surface area contributed by atoms with Crippen LogP contribution in [-0.2, 0) is 14.3 Å². The number of rotatable bonds is 2. The summed E-state index contributed by atoms with van der Waals surface area (Å²) >= 11 is 10.0. The first kappa shape index (κ1) is 17.9. The van der Waals surface area contributed by atoms with Crippen LogP contribution in [0.3, 0.4) is 0 Å². The predicted molar refractivity (Wildman–Crippen MR) is 92.8 cm³/mol. The summed E-state index contributed by atoms with van der Waals surface area (Å²) in [4.78, 5) is 24.2. The van der Waals surface area contributed by atoms with Crippen LogP contribution in [0.5, 0.6) is 0 Å². The Hall–Kier alpha value is -1.48. The Kier molecular flexibility index (Phi) is 4.81. The highest BCUT2D eigenvalue weighted by Crippen LogP contribution is 2.46. The molecule has 0 radical (unpaired) electrons. The Morgan fingerprint density at radius 2 is 1.17 bits per heavy atom. The molecule has 2 N–H and O–H groups in total. The molecule has 2 aliphatic rings. The summed E-state index contributed by atoms with van der Waals surface area (Å²) in [6.45, 7) is 3.81. The molecule has 0 unspecified atom stereocenters. The van der Waals surface area contributed by atoms with Crippen molar-refractivity contribution in [1.29, 1.82) is 0 Å². The van der Waals surface area contributed by atoms with E-state index in [9.17, 15) is 9.59 Å². The van der Waals surface area contributed by atoms with Crippen molar-refractivity contribution in [2.24, 2.45) is 10.8 Å². The van der Waals surface area contributed by atoms with Gasteiger partial charge in [-0.05, 0) is 50.1 Å². The second-order valence-corrected chi connectivity index (χ2v) is 7.49. The lowest BCUT2D eigenvalue weighted by molar-refractivity contribution is -0.137. The highest BCUT2D eigenvalue weighted by molar-refractivity contribution is 7.81. The SMILES string of the molecule is CN(NC(=S)OC(=S)NN(C)C(=O)C1(C)CC1)C(=O)C1(C)CC1. The van der Waals surface area contributed by atoms with Gasteiger partial charge in [0.1, 0.15) is 0 Å². The van der Waals surface area contributed by atoms with Crippen LogP contribution in [0, 0.1) is 10.8 Å². The van der Waals surface area contributed by atoms with Gasteiger partial charge in [0.25, 0.3) is 10.3 Å². The van der Waals surface area contributed by atoms with Crippen molar-refractivity contribution < 1.29 is 14.3 Å². The normalized spacial score (nSPS) is 19.1. The maximum absolute atomic E-state index is 12.1. The zero-order valence-electron chi connectivity index (χ0n) is 13.8. The van der Waals surface area contributed by atoms with Crippen LogP contribution in [0.4, 0.5) is 0 Å². The van der Waals surface area contributed by atoms with Crippen LogP contribution in [0.15, 0.2) is 0 Å². The molecule has 2 amide bonds. The third-order valence-electron chi connectivity index (χ3n) is 4.35. The molecule has 23 heavy (non-hydrogen) atoms. The Balaban J connectivity index is 1.75. The van der Waals surface area contributed by atoms with Crippen molar-refractivity contribution in [3.05, 3.63) is 0 Å². The number of hydrogen-bond acceptors (Lipinski definition) is 5. The van der Waals surface area contributed by atoms with Crippen LogP contribution in [0.1, 0.15) is 39.5 Å². The van der Waals surface area contributed by atoms with Gasteiger partial charge in [0, 0.05) is 24.9 Å². The lowest BCUT2D eigenvalue weighted by atomic mass is 10.1. The molecule has 9 heteroatoms. The van der Waals surface area contributed by atoms with Gasteiger partial charge < -0.3 is 4.74 Å². The smallest absolute Gasteiger partial charge is 0.283 e. The number of amides is 2. The standard InChI is InChI=1S/C14H22N4O3S2/c1-13(5-6-13)9(19)17(3)15-11(22)21-12(23)16-18(4)10(20)14(2)7-8-14/h5-8H2,1-4H3,(H,15,22)(H,16,23). The Labute approximate surface area is 146 Å². The molecule has 2 fully saturated rings. The quantitative estimate of drug-likeness (QED) is 0.566. The first-order valence-electron chi connectivity index (χ1n) is 7.43. The number of carbonyl (C=O) groups excluding carboxylic acids is 2. The van der Waals surface area contributed by atoms with Crippen molar-refractivity contribution >= 4 is 46.6 Å². The summed E-state index contributed by atoms with van der Waals surface area (Å²) in [7, 11) is 3.17. The van der Waals surface area contributed by atoms with Crippen molar-refractivity contribution in [3.63, 3.8) is 0 Å². The van der Waals surface area contributed by atoms with Gasteiger partial charge in [0.05, 0.1) is 0 Å². The molecule has 2 aliphatic carbocycles. The van der Waals surface area contributed by atoms with E-state index in [2.05, 4.69) is 10.9 Å². The van der Waals surface area contributed by atoms with E-state index in [0.717, 1.165) is 25.7 Å². The average Bonchev–Trinajstić information content (AvgIpc) is 3.37. The lowest BCUT2D eigenvalue weighted by Gasteiger charge is -2.25. The number of hydrogen-bond donors (Lipinski definition) is 2. The van der Waals surface area contributed by atoms with E-state index in [0.29, 0.717) is 0 Å². The topological polar surface area (TPSA) is 73.9 Å². The molecule has 0 spiro atoms. The van der Waals surface area contributed by atoms with Crippen molar-refractivity contribution in [3.8, 4) is 0 Å². The summed E-state index contributed by atoms with van der Waals surface area (Å²) < 4.78 is 5.21. The monoisotopic (exact) mass is 358 g/mol. The van der Waals surface area contributed by atoms with Gasteiger partial charge in [-0.3, -0.25) is 30.5 Å². The molecule has 7 nitrogen and oxygen atoms in total. The van der Waals surface area contributed by atoms with Crippen LogP contribution in [0.25, 0.3) is 0 Å². The predicted octanol–water partition coefficient (Wildman–Crippen LogP) is 1.10. The fraction of sp³-hybridized carbons (Fsp3) is 0.714. The molecular formula is C14H22N4O3S2. The molecular weight excluding hydrogens is 336 g/mol. The summed E-state index contributed by atoms with van der Waals surface area (Å²) in [6, 6.07) is 0. The molecule has 0 aromatic heterocycles. The van der Waals surface area contributed by atoms with E-state index >= 15 is 0 Å². The average molecular weight is 358 g/mol. The maximum Gasteiger partial charge on any atom is 0.283 e. The van der Waals surface area contributed by atoms with Crippen LogP contribution in [-0.4, -0.2) is 46.3 Å². The van der Waals surface area contributed by atoms with E-state index in [4.69, 9.17) is 29.2 Å². The number of ether oxygens (including phenoxy) is 1. The number of carbonyl (C=O) groups is 2.